The summed E-state index contributed by atoms with van der Waals surface area (Å²) >= 11 is 6.26. The van der Waals surface area contributed by atoms with Gasteiger partial charge < -0.3 is 10.0 Å². The van der Waals surface area contributed by atoms with E-state index in [4.69, 9.17) is 16.7 Å². The maximum Gasteiger partial charge on any atom is 0.328 e. The number of carbonyl (C=O) groups is 1. The van der Waals surface area contributed by atoms with Gasteiger partial charge in [0.1, 0.15) is 0 Å². The zero-order valence-electron chi connectivity index (χ0n) is 11.1. The molecule has 2 atom stereocenters. The normalized spacial score (nSPS) is 21.6. The molecule has 1 aliphatic rings. The number of halogens is 1. The molecule has 0 spiro atoms. The summed E-state index contributed by atoms with van der Waals surface area (Å²) in [4.78, 5) is 12.6. The Morgan fingerprint density at radius 3 is 2.79 bits per heavy atom. The zero-order valence-corrected chi connectivity index (χ0v) is 11.9. The number of carboxylic acid groups (broad SMARTS) is 1. The molecule has 4 heteroatoms. The molecule has 1 aromatic rings. The summed E-state index contributed by atoms with van der Waals surface area (Å²) in [7, 11) is 2.04. The summed E-state index contributed by atoms with van der Waals surface area (Å²) in [6.45, 7) is 3.28. The van der Waals surface area contributed by atoms with Crippen molar-refractivity contribution in [3.05, 3.63) is 34.9 Å². The number of benzene rings is 1. The van der Waals surface area contributed by atoms with Crippen LogP contribution in [0, 0.1) is 11.8 Å². The lowest BCUT2D eigenvalue weighted by atomic mass is 10.1. The summed E-state index contributed by atoms with van der Waals surface area (Å²) in [6.07, 6.45) is 3.95. The van der Waals surface area contributed by atoms with Crippen molar-refractivity contribution >= 4 is 29.3 Å². The van der Waals surface area contributed by atoms with Crippen LogP contribution in [-0.4, -0.2) is 24.7 Å². The lowest BCUT2D eigenvalue weighted by Gasteiger charge is -2.20. The van der Waals surface area contributed by atoms with Crippen LogP contribution >= 0.6 is 11.6 Å². The molecule has 2 unspecified atom stereocenters. The second-order valence-electron chi connectivity index (χ2n) is 5.24. The monoisotopic (exact) mass is 279 g/mol. The van der Waals surface area contributed by atoms with Crippen molar-refractivity contribution in [2.24, 2.45) is 11.8 Å². The van der Waals surface area contributed by atoms with Crippen LogP contribution in [0.25, 0.3) is 6.08 Å². The second-order valence-corrected chi connectivity index (χ2v) is 5.64. The van der Waals surface area contributed by atoms with Gasteiger partial charge in [-0.05, 0) is 42.0 Å². The number of hydrogen-bond donors (Lipinski definition) is 1. The third kappa shape index (κ3) is 3.74. The molecule has 1 N–H and O–H groups in total. The summed E-state index contributed by atoms with van der Waals surface area (Å²) in [5.74, 6) is 0.631. The molecule has 0 bridgehead atoms. The molecule has 0 saturated heterocycles. The molecular formula is C15H18ClNO2. The van der Waals surface area contributed by atoms with Gasteiger partial charge in [-0.3, -0.25) is 0 Å². The van der Waals surface area contributed by atoms with Gasteiger partial charge in [-0.15, -0.1) is 0 Å². The fourth-order valence-corrected chi connectivity index (χ4v) is 2.54. The summed E-state index contributed by atoms with van der Waals surface area (Å²) in [5, 5.41) is 9.25. The van der Waals surface area contributed by atoms with Crippen LogP contribution in [0.5, 0.6) is 0 Å². The van der Waals surface area contributed by atoms with E-state index in [2.05, 4.69) is 11.8 Å². The van der Waals surface area contributed by atoms with E-state index >= 15 is 0 Å². The minimum Gasteiger partial charge on any atom is -0.478 e. The number of nitrogens with zero attached hydrogens (tertiary/aromatic N) is 1. The first-order valence-electron chi connectivity index (χ1n) is 6.39. The fourth-order valence-electron chi connectivity index (χ4n) is 2.21. The van der Waals surface area contributed by atoms with Crippen LogP contribution in [0.2, 0.25) is 5.02 Å². The smallest absolute Gasteiger partial charge is 0.328 e. The van der Waals surface area contributed by atoms with Gasteiger partial charge in [0.2, 0.25) is 0 Å². The van der Waals surface area contributed by atoms with E-state index < -0.39 is 5.97 Å². The van der Waals surface area contributed by atoms with Crippen LogP contribution in [0.1, 0.15) is 18.9 Å². The highest BCUT2D eigenvalue weighted by Gasteiger charge is 2.33. The lowest BCUT2D eigenvalue weighted by Crippen LogP contribution is -2.20. The van der Waals surface area contributed by atoms with E-state index in [0.717, 1.165) is 35.7 Å². The highest BCUT2D eigenvalue weighted by atomic mass is 35.5. The third-order valence-electron chi connectivity index (χ3n) is 3.59. The summed E-state index contributed by atoms with van der Waals surface area (Å²) in [5.41, 5.74) is 1.79. The van der Waals surface area contributed by atoms with Gasteiger partial charge in [0.25, 0.3) is 0 Å². The van der Waals surface area contributed by atoms with Crippen molar-refractivity contribution in [1.29, 1.82) is 0 Å². The van der Waals surface area contributed by atoms with Crippen LogP contribution in [0.4, 0.5) is 5.69 Å². The van der Waals surface area contributed by atoms with Crippen LogP contribution in [0.3, 0.4) is 0 Å². The number of carboxylic acids is 1. The van der Waals surface area contributed by atoms with E-state index in [1.807, 2.05) is 19.2 Å². The fraction of sp³-hybridized carbons (Fsp3) is 0.400. The molecule has 1 fully saturated rings. The SMILES string of the molecule is CC1CC1CN(C)c1ccc(/C=C/C(=O)O)cc1Cl. The standard InChI is InChI=1S/C15H18ClNO2/c1-10-7-12(10)9-17(2)14-5-3-11(8-13(14)16)4-6-15(18)19/h3-6,8,10,12H,7,9H2,1-2H3,(H,18,19)/b6-4+. The molecule has 0 radical (unpaired) electrons. The summed E-state index contributed by atoms with van der Waals surface area (Å²) < 4.78 is 0. The van der Waals surface area contributed by atoms with Crippen molar-refractivity contribution in [2.45, 2.75) is 13.3 Å². The van der Waals surface area contributed by atoms with Gasteiger partial charge in [-0.2, -0.15) is 0 Å². The Hall–Kier alpha value is -1.48. The number of rotatable bonds is 5. The first-order valence-corrected chi connectivity index (χ1v) is 6.77. The molecule has 1 saturated carbocycles. The van der Waals surface area contributed by atoms with Crippen LogP contribution in [0.15, 0.2) is 24.3 Å². The van der Waals surface area contributed by atoms with Crippen molar-refractivity contribution in [3.8, 4) is 0 Å². The van der Waals surface area contributed by atoms with Crippen molar-refractivity contribution in [3.63, 3.8) is 0 Å². The quantitative estimate of drug-likeness (QED) is 0.838. The minimum atomic E-state index is -0.958. The predicted octanol–water partition coefficient (Wildman–Crippen LogP) is 3.53. The maximum atomic E-state index is 10.5. The molecule has 2 rings (SSSR count). The van der Waals surface area contributed by atoms with Crippen molar-refractivity contribution in [1.82, 2.24) is 0 Å². The lowest BCUT2D eigenvalue weighted by molar-refractivity contribution is -0.131. The average Bonchev–Trinajstić information content (AvgIpc) is 3.02. The van der Waals surface area contributed by atoms with E-state index in [-0.39, 0.29) is 0 Å². The number of anilines is 1. The van der Waals surface area contributed by atoms with Gasteiger partial charge in [0, 0.05) is 19.7 Å². The van der Waals surface area contributed by atoms with Gasteiger partial charge >= 0.3 is 5.97 Å². The highest BCUT2D eigenvalue weighted by Crippen LogP contribution is 2.39. The molecule has 102 valence electrons. The minimum absolute atomic E-state index is 0.656. The Labute approximate surface area is 118 Å². The van der Waals surface area contributed by atoms with Crippen molar-refractivity contribution in [2.75, 3.05) is 18.5 Å². The molecule has 0 amide bonds. The largest absolute Gasteiger partial charge is 0.478 e. The zero-order chi connectivity index (χ0) is 14.0. The number of hydrogen-bond acceptors (Lipinski definition) is 2. The molecule has 1 aromatic carbocycles. The molecule has 0 heterocycles. The van der Waals surface area contributed by atoms with E-state index in [0.29, 0.717) is 5.02 Å². The molecular weight excluding hydrogens is 262 g/mol. The van der Waals surface area contributed by atoms with E-state index in [1.165, 1.54) is 6.42 Å². The average molecular weight is 280 g/mol. The first kappa shape index (κ1) is 13.9. The Balaban J connectivity index is 2.07. The predicted molar refractivity (Wildman–Crippen MR) is 78.7 cm³/mol. The second kappa shape index (κ2) is 5.66. The van der Waals surface area contributed by atoms with Crippen LogP contribution in [-0.2, 0) is 4.79 Å². The van der Waals surface area contributed by atoms with Gasteiger partial charge in [0.05, 0.1) is 10.7 Å². The topological polar surface area (TPSA) is 40.5 Å². The third-order valence-corrected chi connectivity index (χ3v) is 3.89. The molecule has 19 heavy (non-hydrogen) atoms. The Bertz CT molecular complexity index is 513. The first-order chi connectivity index (χ1) is 8.97. The van der Waals surface area contributed by atoms with Crippen molar-refractivity contribution < 1.29 is 9.90 Å². The van der Waals surface area contributed by atoms with Gasteiger partial charge in [-0.1, -0.05) is 24.6 Å². The Morgan fingerprint density at radius 2 is 2.26 bits per heavy atom. The molecule has 1 aliphatic carbocycles. The molecule has 0 aromatic heterocycles. The van der Waals surface area contributed by atoms with Gasteiger partial charge in [-0.25, -0.2) is 4.79 Å². The number of aliphatic carboxylic acids is 1. The van der Waals surface area contributed by atoms with Gasteiger partial charge in [0.15, 0.2) is 0 Å². The Morgan fingerprint density at radius 1 is 1.58 bits per heavy atom. The van der Waals surface area contributed by atoms with E-state index in [9.17, 15) is 4.79 Å². The van der Waals surface area contributed by atoms with E-state index in [1.54, 1.807) is 12.1 Å². The molecule has 3 nitrogen and oxygen atoms in total. The Kier molecular flexibility index (Phi) is 4.15. The maximum absolute atomic E-state index is 10.5. The highest BCUT2D eigenvalue weighted by molar-refractivity contribution is 6.33. The van der Waals surface area contributed by atoms with Crippen LogP contribution < -0.4 is 4.90 Å². The summed E-state index contributed by atoms with van der Waals surface area (Å²) in [6, 6.07) is 5.62. The molecule has 0 aliphatic heterocycles.